The normalized spacial score (nSPS) is 10.1. The smallest absolute Gasteiger partial charge is 0.225 e. The Hall–Kier alpha value is -0.630. The first-order valence-electron chi connectivity index (χ1n) is 2.52. The summed E-state index contributed by atoms with van der Waals surface area (Å²) in [6, 6.07) is 0. The molecule has 0 aromatic heterocycles. The van der Waals surface area contributed by atoms with Crippen LogP contribution in [-0.4, -0.2) is 19.5 Å². The summed E-state index contributed by atoms with van der Waals surface area (Å²) >= 11 is 0. The van der Waals surface area contributed by atoms with Gasteiger partial charge in [0.25, 0.3) is 0 Å². The van der Waals surface area contributed by atoms with E-state index >= 15 is 0 Å². The van der Waals surface area contributed by atoms with Crippen LogP contribution >= 0.6 is 0 Å². The summed E-state index contributed by atoms with van der Waals surface area (Å²) in [5.41, 5.74) is 0. The van der Waals surface area contributed by atoms with Crippen molar-refractivity contribution in [2.45, 2.75) is 6.92 Å². The molecule has 0 bridgehead atoms. The highest BCUT2D eigenvalue weighted by molar-refractivity contribution is 5.65. The molecular formula is C6H9O2. The van der Waals surface area contributed by atoms with E-state index in [-0.39, 0.29) is 0 Å². The van der Waals surface area contributed by atoms with Crippen molar-refractivity contribution in [2.24, 2.45) is 0 Å². The number of hydrogen-bond donors (Lipinski definition) is 0. The van der Waals surface area contributed by atoms with E-state index in [0.29, 0.717) is 13.2 Å². The van der Waals surface area contributed by atoms with Crippen molar-refractivity contribution < 1.29 is 9.53 Å². The molecule has 0 atom stereocenters. The highest BCUT2D eigenvalue weighted by atomic mass is 16.5. The molecule has 0 aromatic carbocycles. The lowest BCUT2D eigenvalue weighted by atomic mass is 10.5. The molecule has 8 heavy (non-hydrogen) atoms. The lowest BCUT2D eigenvalue weighted by Crippen LogP contribution is -1.87. The maximum absolute atomic E-state index is 9.50. The van der Waals surface area contributed by atoms with E-state index in [2.05, 4.69) is 0 Å². The fourth-order valence-corrected chi connectivity index (χ4v) is 0.282. The van der Waals surface area contributed by atoms with Gasteiger partial charge in [0.15, 0.2) is 0 Å². The van der Waals surface area contributed by atoms with Crippen molar-refractivity contribution in [1.82, 2.24) is 0 Å². The maximum Gasteiger partial charge on any atom is 0.225 e. The first-order valence-corrected chi connectivity index (χ1v) is 2.52. The molecule has 2 nitrogen and oxygen atoms in total. The van der Waals surface area contributed by atoms with Gasteiger partial charge in [0, 0.05) is 6.61 Å². The van der Waals surface area contributed by atoms with Gasteiger partial charge in [0.2, 0.25) is 6.29 Å². The Morgan fingerprint density at radius 3 is 3.00 bits per heavy atom. The molecule has 2 heteroatoms. The molecule has 0 unspecified atom stereocenters. The predicted octanol–water partition coefficient (Wildman–Crippen LogP) is 0.689. The van der Waals surface area contributed by atoms with Gasteiger partial charge in [-0.15, -0.1) is 0 Å². The van der Waals surface area contributed by atoms with Gasteiger partial charge in [-0.1, -0.05) is 6.08 Å². The minimum absolute atomic E-state index is 0.506. The summed E-state index contributed by atoms with van der Waals surface area (Å²) in [7, 11) is 0. The first-order chi connectivity index (χ1) is 3.91. The van der Waals surface area contributed by atoms with Crippen molar-refractivity contribution >= 4 is 6.29 Å². The van der Waals surface area contributed by atoms with E-state index in [0.717, 1.165) is 0 Å². The van der Waals surface area contributed by atoms with Crippen LogP contribution in [0.1, 0.15) is 6.92 Å². The molecule has 0 amide bonds. The second-order valence-electron chi connectivity index (χ2n) is 1.18. The number of carbonyl (C=O) groups excluding carboxylic acids is 1. The zero-order chi connectivity index (χ0) is 6.24. The fraction of sp³-hybridized carbons (Fsp3) is 0.500. The number of allylic oxidation sites excluding steroid dienone is 1. The third kappa shape index (κ3) is 5.37. The summed E-state index contributed by atoms with van der Waals surface area (Å²) in [6.45, 7) is 3.09. The highest BCUT2D eigenvalue weighted by Crippen LogP contribution is 1.73. The van der Waals surface area contributed by atoms with Crippen molar-refractivity contribution in [3.05, 3.63) is 12.2 Å². The Balaban J connectivity index is 2.91. The molecule has 45 valence electrons. The second kappa shape index (κ2) is 6.37. The molecule has 0 N–H and O–H groups in total. The Bertz CT molecular complexity index is 76.6. The van der Waals surface area contributed by atoms with Gasteiger partial charge in [0.05, 0.1) is 6.61 Å². The summed E-state index contributed by atoms with van der Waals surface area (Å²) in [4.78, 5) is 9.50. The van der Waals surface area contributed by atoms with Crippen LogP contribution in [0.4, 0.5) is 0 Å². The van der Waals surface area contributed by atoms with E-state index in [4.69, 9.17) is 4.74 Å². The van der Waals surface area contributed by atoms with Gasteiger partial charge in [-0.3, -0.25) is 4.79 Å². The molecule has 0 aliphatic carbocycles. The zero-order valence-corrected chi connectivity index (χ0v) is 4.89. The predicted molar refractivity (Wildman–Crippen MR) is 31.3 cm³/mol. The topological polar surface area (TPSA) is 26.3 Å². The average molecular weight is 113 g/mol. The van der Waals surface area contributed by atoms with Gasteiger partial charge >= 0.3 is 0 Å². The third-order valence-corrected chi connectivity index (χ3v) is 0.604. The molecule has 0 spiro atoms. The second-order valence-corrected chi connectivity index (χ2v) is 1.18. The van der Waals surface area contributed by atoms with Gasteiger partial charge in [-0.05, 0) is 13.0 Å². The molecule has 0 rings (SSSR count). The summed E-state index contributed by atoms with van der Waals surface area (Å²) < 4.78 is 4.87. The summed E-state index contributed by atoms with van der Waals surface area (Å²) in [6.07, 6.45) is 4.54. The molecular weight excluding hydrogens is 104 g/mol. The summed E-state index contributed by atoms with van der Waals surface area (Å²) in [5.74, 6) is 0. The van der Waals surface area contributed by atoms with E-state index in [1.165, 1.54) is 6.08 Å². The monoisotopic (exact) mass is 113 g/mol. The lowest BCUT2D eigenvalue weighted by Gasteiger charge is -1.89. The van der Waals surface area contributed by atoms with Crippen LogP contribution in [0.25, 0.3) is 0 Å². The van der Waals surface area contributed by atoms with Crippen molar-refractivity contribution in [3.63, 3.8) is 0 Å². The Kier molecular flexibility index (Phi) is 5.87. The molecule has 0 aliphatic rings. The largest absolute Gasteiger partial charge is 0.378 e. The minimum atomic E-state index is 0.506. The van der Waals surface area contributed by atoms with E-state index < -0.39 is 0 Å². The van der Waals surface area contributed by atoms with Gasteiger partial charge in [-0.25, -0.2) is 0 Å². The molecule has 0 saturated carbocycles. The summed E-state index contributed by atoms with van der Waals surface area (Å²) in [5, 5.41) is 0. The number of hydrogen-bond acceptors (Lipinski definition) is 2. The van der Waals surface area contributed by atoms with Gasteiger partial charge < -0.3 is 4.74 Å². The van der Waals surface area contributed by atoms with E-state index in [9.17, 15) is 4.79 Å². The van der Waals surface area contributed by atoms with Crippen molar-refractivity contribution in [2.75, 3.05) is 13.2 Å². The lowest BCUT2D eigenvalue weighted by molar-refractivity contribution is 0.177. The number of ether oxygens (including phenoxy) is 1. The molecule has 0 saturated heterocycles. The van der Waals surface area contributed by atoms with E-state index in [1.807, 2.05) is 6.92 Å². The maximum atomic E-state index is 9.50. The molecule has 0 aromatic rings. The SMILES string of the molecule is CCOC/C=C/[C]=O. The van der Waals surface area contributed by atoms with Gasteiger partial charge in [-0.2, -0.15) is 0 Å². The Morgan fingerprint density at radius 1 is 1.75 bits per heavy atom. The highest BCUT2D eigenvalue weighted by Gasteiger charge is 1.72. The molecule has 0 aliphatic heterocycles. The van der Waals surface area contributed by atoms with Crippen LogP contribution in [0.15, 0.2) is 12.2 Å². The van der Waals surface area contributed by atoms with Crippen LogP contribution in [-0.2, 0) is 9.53 Å². The Labute approximate surface area is 49.1 Å². The third-order valence-electron chi connectivity index (χ3n) is 0.604. The van der Waals surface area contributed by atoms with Crippen LogP contribution in [0.2, 0.25) is 0 Å². The Morgan fingerprint density at radius 2 is 2.50 bits per heavy atom. The average Bonchev–Trinajstić information content (AvgIpc) is 1.81. The zero-order valence-electron chi connectivity index (χ0n) is 4.89. The molecule has 1 radical (unpaired) electrons. The molecule has 0 heterocycles. The number of rotatable bonds is 4. The standard InChI is InChI=1S/C6H9O2/c1-2-8-6-4-3-5-7/h3-4H,2,6H2,1H3/b4-3+. The van der Waals surface area contributed by atoms with Crippen LogP contribution < -0.4 is 0 Å². The first kappa shape index (κ1) is 7.37. The molecule has 0 fully saturated rings. The fourth-order valence-electron chi connectivity index (χ4n) is 0.282. The van der Waals surface area contributed by atoms with Crippen LogP contribution in [0, 0.1) is 0 Å². The minimum Gasteiger partial charge on any atom is -0.378 e. The quantitative estimate of drug-likeness (QED) is 0.396. The van der Waals surface area contributed by atoms with E-state index in [1.54, 1.807) is 12.4 Å². The van der Waals surface area contributed by atoms with Crippen LogP contribution in [0.5, 0.6) is 0 Å². The van der Waals surface area contributed by atoms with Gasteiger partial charge in [0.1, 0.15) is 0 Å². The van der Waals surface area contributed by atoms with Crippen molar-refractivity contribution in [3.8, 4) is 0 Å². The van der Waals surface area contributed by atoms with Crippen LogP contribution in [0.3, 0.4) is 0 Å². The van der Waals surface area contributed by atoms with Crippen molar-refractivity contribution in [1.29, 1.82) is 0 Å².